The minimum absolute atomic E-state index is 0.178. The summed E-state index contributed by atoms with van der Waals surface area (Å²) >= 11 is 0. The molecule has 18 heavy (non-hydrogen) atoms. The molecule has 0 unspecified atom stereocenters. The number of benzene rings is 2. The lowest BCUT2D eigenvalue weighted by molar-refractivity contribution is 0.547. The lowest BCUT2D eigenvalue weighted by Crippen LogP contribution is -2.08. The third-order valence-corrected chi connectivity index (χ3v) is 3.27. The highest BCUT2D eigenvalue weighted by Crippen LogP contribution is 2.25. The van der Waals surface area contributed by atoms with Crippen molar-refractivity contribution in [2.45, 2.75) is 19.8 Å². The molecule has 0 bridgehead atoms. The average Bonchev–Trinajstić information content (AvgIpc) is 2.37. The Bertz CT molecular complexity index is 782. The minimum Gasteiger partial charge on any atom is -0.422 e. The molecule has 0 amide bonds. The molecule has 0 N–H and O–H groups in total. The summed E-state index contributed by atoms with van der Waals surface area (Å²) in [6.45, 7) is 4.00. The van der Waals surface area contributed by atoms with E-state index >= 15 is 0 Å². The number of rotatable bonds is 1. The highest BCUT2D eigenvalue weighted by Gasteiger charge is 2.10. The van der Waals surface area contributed by atoms with Gasteiger partial charge in [-0.05, 0) is 17.4 Å². The van der Waals surface area contributed by atoms with Gasteiger partial charge in [0.2, 0.25) is 0 Å². The molecule has 2 aromatic carbocycles. The third-order valence-electron chi connectivity index (χ3n) is 3.27. The summed E-state index contributed by atoms with van der Waals surface area (Å²) in [6.07, 6.45) is 0. The Morgan fingerprint density at radius 3 is 2.50 bits per heavy atom. The van der Waals surface area contributed by atoms with Gasteiger partial charge in [-0.25, -0.2) is 4.79 Å². The van der Waals surface area contributed by atoms with Crippen molar-refractivity contribution in [2.75, 3.05) is 0 Å². The van der Waals surface area contributed by atoms with E-state index in [0.717, 1.165) is 21.7 Å². The van der Waals surface area contributed by atoms with Gasteiger partial charge in [-0.3, -0.25) is 0 Å². The molecule has 0 spiro atoms. The maximum Gasteiger partial charge on any atom is 0.339 e. The number of hydrogen-bond acceptors (Lipinski definition) is 2. The fourth-order valence-corrected chi connectivity index (χ4v) is 2.27. The molecular weight excluding hydrogens is 224 g/mol. The zero-order valence-electron chi connectivity index (χ0n) is 10.4. The van der Waals surface area contributed by atoms with Gasteiger partial charge in [0.25, 0.3) is 0 Å². The molecule has 2 nitrogen and oxygen atoms in total. The summed E-state index contributed by atoms with van der Waals surface area (Å²) in [5.41, 5.74) is 1.19. The first-order chi connectivity index (χ1) is 8.66. The minimum atomic E-state index is -0.228. The second-order valence-electron chi connectivity index (χ2n) is 4.85. The van der Waals surface area contributed by atoms with E-state index in [9.17, 15) is 4.79 Å². The molecule has 1 aromatic heterocycles. The summed E-state index contributed by atoms with van der Waals surface area (Å²) in [4.78, 5) is 12.0. The van der Waals surface area contributed by atoms with E-state index in [0.29, 0.717) is 5.58 Å². The molecule has 0 saturated heterocycles. The van der Waals surface area contributed by atoms with E-state index in [-0.39, 0.29) is 11.5 Å². The largest absolute Gasteiger partial charge is 0.422 e. The fraction of sp³-hybridized carbons (Fsp3) is 0.188. The quantitative estimate of drug-likeness (QED) is 0.472. The second kappa shape index (κ2) is 3.98. The van der Waals surface area contributed by atoms with Crippen LogP contribution in [0.5, 0.6) is 0 Å². The van der Waals surface area contributed by atoms with Crippen LogP contribution in [0.3, 0.4) is 0 Å². The first-order valence-electron chi connectivity index (χ1n) is 6.12. The van der Waals surface area contributed by atoms with Crippen molar-refractivity contribution in [3.05, 3.63) is 58.4 Å². The zero-order valence-corrected chi connectivity index (χ0v) is 10.4. The molecule has 1 heterocycles. The molecule has 90 valence electrons. The van der Waals surface area contributed by atoms with E-state index in [2.05, 4.69) is 6.07 Å². The molecule has 3 aromatic rings. The summed E-state index contributed by atoms with van der Waals surface area (Å²) in [7, 11) is 0. The van der Waals surface area contributed by atoms with Crippen LogP contribution in [-0.4, -0.2) is 0 Å². The van der Waals surface area contributed by atoms with Crippen molar-refractivity contribution >= 4 is 21.7 Å². The van der Waals surface area contributed by atoms with Crippen molar-refractivity contribution in [1.82, 2.24) is 0 Å². The molecule has 2 heteroatoms. The van der Waals surface area contributed by atoms with Crippen molar-refractivity contribution in [3.8, 4) is 0 Å². The highest BCUT2D eigenvalue weighted by atomic mass is 16.4. The number of hydrogen-bond donors (Lipinski definition) is 0. The fourth-order valence-electron chi connectivity index (χ4n) is 2.27. The lowest BCUT2D eigenvalue weighted by Gasteiger charge is -2.06. The first-order valence-corrected chi connectivity index (χ1v) is 6.12. The van der Waals surface area contributed by atoms with Crippen LogP contribution < -0.4 is 5.63 Å². The predicted molar refractivity (Wildman–Crippen MR) is 74.1 cm³/mol. The maximum absolute atomic E-state index is 12.0. The van der Waals surface area contributed by atoms with Crippen LogP contribution in [0.2, 0.25) is 0 Å². The zero-order chi connectivity index (χ0) is 12.7. The molecule has 0 fully saturated rings. The van der Waals surface area contributed by atoms with Crippen LogP contribution in [0, 0.1) is 0 Å². The van der Waals surface area contributed by atoms with E-state index in [4.69, 9.17) is 4.42 Å². The van der Waals surface area contributed by atoms with E-state index in [1.54, 1.807) is 0 Å². The van der Waals surface area contributed by atoms with E-state index in [1.807, 2.05) is 50.2 Å². The van der Waals surface area contributed by atoms with Crippen LogP contribution in [0.1, 0.15) is 25.3 Å². The Morgan fingerprint density at radius 2 is 1.72 bits per heavy atom. The molecule has 0 aliphatic carbocycles. The summed E-state index contributed by atoms with van der Waals surface area (Å²) in [6, 6.07) is 13.9. The molecular formula is C16H14O2. The Labute approximate surface area is 105 Å². The van der Waals surface area contributed by atoms with Gasteiger partial charge in [0.15, 0.2) is 0 Å². The topological polar surface area (TPSA) is 30.2 Å². The van der Waals surface area contributed by atoms with Gasteiger partial charge in [0.1, 0.15) is 5.58 Å². The van der Waals surface area contributed by atoms with Gasteiger partial charge in [-0.15, -0.1) is 0 Å². The van der Waals surface area contributed by atoms with Crippen molar-refractivity contribution in [1.29, 1.82) is 0 Å². The van der Waals surface area contributed by atoms with Crippen molar-refractivity contribution < 1.29 is 4.42 Å². The Morgan fingerprint density at radius 1 is 1.00 bits per heavy atom. The molecule has 0 radical (unpaired) electrons. The summed E-state index contributed by atoms with van der Waals surface area (Å²) < 4.78 is 5.51. The monoisotopic (exact) mass is 238 g/mol. The smallest absolute Gasteiger partial charge is 0.339 e. The highest BCUT2D eigenvalue weighted by molar-refractivity contribution is 6.03. The van der Waals surface area contributed by atoms with Crippen LogP contribution in [-0.2, 0) is 0 Å². The molecule has 0 aliphatic rings. The van der Waals surface area contributed by atoms with Gasteiger partial charge in [-0.2, -0.15) is 0 Å². The molecule has 0 saturated carbocycles. The average molecular weight is 238 g/mol. The van der Waals surface area contributed by atoms with Gasteiger partial charge < -0.3 is 4.42 Å². The Kier molecular flexibility index (Phi) is 2.44. The Balaban J connectivity index is 2.46. The van der Waals surface area contributed by atoms with Crippen LogP contribution >= 0.6 is 0 Å². The lowest BCUT2D eigenvalue weighted by atomic mass is 10.0. The number of fused-ring (bicyclic) bond motifs is 3. The Hall–Kier alpha value is -2.09. The second-order valence-corrected chi connectivity index (χ2v) is 4.85. The van der Waals surface area contributed by atoms with Crippen LogP contribution in [0.15, 0.2) is 51.7 Å². The van der Waals surface area contributed by atoms with Gasteiger partial charge in [-0.1, -0.05) is 50.2 Å². The summed E-state index contributed by atoms with van der Waals surface area (Å²) in [5, 5.41) is 3.06. The molecule has 3 rings (SSSR count). The maximum atomic E-state index is 12.0. The normalized spacial score (nSPS) is 11.5. The standard InChI is InChI=1S/C16H14O2/c1-10(2)14-9-12-8-7-11-5-3-4-6-13(11)15(12)18-16(14)17/h3-10H,1-2H3. The summed E-state index contributed by atoms with van der Waals surface area (Å²) in [5.74, 6) is 0.178. The van der Waals surface area contributed by atoms with Gasteiger partial charge in [0, 0.05) is 16.3 Å². The van der Waals surface area contributed by atoms with Crippen molar-refractivity contribution in [3.63, 3.8) is 0 Å². The molecule has 0 aliphatic heterocycles. The SMILES string of the molecule is CC(C)c1cc2ccc3ccccc3c2oc1=O. The third kappa shape index (κ3) is 1.61. The van der Waals surface area contributed by atoms with Crippen LogP contribution in [0.25, 0.3) is 21.7 Å². The molecule has 0 atom stereocenters. The van der Waals surface area contributed by atoms with Crippen LogP contribution in [0.4, 0.5) is 0 Å². The van der Waals surface area contributed by atoms with Gasteiger partial charge in [0.05, 0.1) is 0 Å². The van der Waals surface area contributed by atoms with Gasteiger partial charge >= 0.3 is 5.63 Å². The van der Waals surface area contributed by atoms with Crippen molar-refractivity contribution in [2.24, 2.45) is 0 Å². The van der Waals surface area contributed by atoms with E-state index in [1.165, 1.54) is 0 Å². The van der Waals surface area contributed by atoms with E-state index < -0.39 is 0 Å². The first kappa shape index (κ1) is 11.0. The predicted octanol–water partition coefficient (Wildman–Crippen LogP) is 4.07.